The Hall–Kier alpha value is -1.23. The van der Waals surface area contributed by atoms with Gasteiger partial charge in [-0.25, -0.2) is 5.43 Å². The second kappa shape index (κ2) is 4.96. The van der Waals surface area contributed by atoms with Crippen molar-refractivity contribution >= 4 is 33.6 Å². The lowest BCUT2D eigenvalue weighted by molar-refractivity contribution is -0.481. The molecule has 2 rings (SSSR count). The van der Waals surface area contributed by atoms with E-state index >= 15 is 0 Å². The van der Waals surface area contributed by atoms with Crippen molar-refractivity contribution in [1.82, 2.24) is 5.32 Å². The SMILES string of the molecule is Cc1c(N(C)C)ccc(Br)c1N[N+]1=CNCC1. The van der Waals surface area contributed by atoms with E-state index in [0.29, 0.717) is 0 Å². The normalized spacial score (nSPS) is 14.2. The van der Waals surface area contributed by atoms with Crippen LogP contribution in [0.4, 0.5) is 11.4 Å². The lowest BCUT2D eigenvalue weighted by Gasteiger charge is -2.19. The fourth-order valence-electron chi connectivity index (χ4n) is 1.95. The molecule has 1 aliphatic rings. The van der Waals surface area contributed by atoms with E-state index in [4.69, 9.17) is 0 Å². The van der Waals surface area contributed by atoms with Crippen LogP contribution in [0.3, 0.4) is 0 Å². The molecule has 0 atom stereocenters. The van der Waals surface area contributed by atoms with Crippen molar-refractivity contribution in [3.8, 4) is 0 Å². The third-order valence-corrected chi connectivity index (χ3v) is 3.53. The first-order valence-corrected chi connectivity index (χ1v) is 6.45. The molecule has 0 unspecified atom stereocenters. The molecule has 0 fully saturated rings. The zero-order chi connectivity index (χ0) is 12.4. The fraction of sp³-hybridized carbons (Fsp3) is 0.417. The van der Waals surface area contributed by atoms with E-state index in [0.717, 1.165) is 23.2 Å². The maximum absolute atomic E-state index is 3.60. The average Bonchev–Trinajstić information content (AvgIpc) is 2.76. The maximum atomic E-state index is 3.60. The second-order valence-electron chi connectivity index (χ2n) is 4.35. The number of halogens is 1. The van der Waals surface area contributed by atoms with Crippen molar-refractivity contribution in [3.63, 3.8) is 0 Å². The van der Waals surface area contributed by atoms with Crippen molar-refractivity contribution in [2.45, 2.75) is 6.92 Å². The Morgan fingerprint density at radius 3 is 2.76 bits per heavy atom. The van der Waals surface area contributed by atoms with Gasteiger partial charge in [0.1, 0.15) is 13.1 Å². The Morgan fingerprint density at radius 1 is 1.41 bits per heavy atom. The highest BCUT2D eigenvalue weighted by atomic mass is 79.9. The van der Waals surface area contributed by atoms with E-state index in [1.165, 1.54) is 11.3 Å². The molecule has 0 radical (unpaired) electrons. The number of hydrazone groups is 1. The number of hydrogen-bond donors (Lipinski definition) is 2. The standard InChI is InChI=1S/C12H17BrN4/c1-9-11(16(2)3)5-4-10(13)12(9)15-17-7-6-14-8-17/h4-5,8,15H,6-7H2,1-3H3/p+1. The van der Waals surface area contributed by atoms with E-state index in [1.54, 1.807) is 0 Å². The van der Waals surface area contributed by atoms with Crippen LogP contribution >= 0.6 is 15.9 Å². The Bertz CT molecular complexity index is 454. The van der Waals surface area contributed by atoms with Gasteiger partial charge in [-0.1, -0.05) is 0 Å². The van der Waals surface area contributed by atoms with Crippen LogP contribution in [-0.2, 0) is 0 Å². The van der Waals surface area contributed by atoms with Gasteiger partial charge in [0, 0.05) is 29.8 Å². The first kappa shape index (κ1) is 12.2. The number of nitrogens with zero attached hydrogens (tertiary/aromatic N) is 2. The van der Waals surface area contributed by atoms with Crippen LogP contribution in [0.5, 0.6) is 0 Å². The van der Waals surface area contributed by atoms with Crippen LogP contribution in [0, 0.1) is 6.92 Å². The van der Waals surface area contributed by atoms with E-state index in [2.05, 4.69) is 69.4 Å². The number of nitrogens with one attached hydrogen (secondary N) is 2. The fourth-order valence-corrected chi connectivity index (χ4v) is 2.46. The molecule has 0 aliphatic carbocycles. The van der Waals surface area contributed by atoms with Crippen LogP contribution in [0.2, 0.25) is 0 Å². The molecule has 5 heteroatoms. The minimum absolute atomic E-state index is 0.970. The molecule has 0 saturated carbocycles. The topological polar surface area (TPSA) is 30.3 Å². The maximum Gasteiger partial charge on any atom is 0.255 e. The first-order valence-electron chi connectivity index (χ1n) is 5.66. The van der Waals surface area contributed by atoms with Crippen molar-refractivity contribution < 1.29 is 4.68 Å². The molecule has 92 valence electrons. The second-order valence-corrected chi connectivity index (χ2v) is 5.20. The van der Waals surface area contributed by atoms with Crippen LogP contribution in [0.1, 0.15) is 5.56 Å². The minimum atomic E-state index is 0.970. The molecule has 4 nitrogen and oxygen atoms in total. The number of benzene rings is 1. The molecule has 0 saturated heterocycles. The molecule has 1 aliphatic heterocycles. The summed E-state index contributed by atoms with van der Waals surface area (Å²) in [5, 5.41) is 3.18. The van der Waals surface area contributed by atoms with E-state index in [1.807, 2.05) is 6.34 Å². The average molecular weight is 298 g/mol. The zero-order valence-corrected chi connectivity index (χ0v) is 12.0. The zero-order valence-electron chi connectivity index (χ0n) is 10.4. The van der Waals surface area contributed by atoms with E-state index < -0.39 is 0 Å². The monoisotopic (exact) mass is 297 g/mol. The lowest BCUT2D eigenvalue weighted by atomic mass is 10.1. The number of hydrogen-bond acceptors (Lipinski definition) is 3. The summed E-state index contributed by atoms with van der Waals surface area (Å²) in [6.45, 7) is 4.08. The summed E-state index contributed by atoms with van der Waals surface area (Å²) in [7, 11) is 4.12. The summed E-state index contributed by atoms with van der Waals surface area (Å²) >= 11 is 3.60. The van der Waals surface area contributed by atoms with E-state index in [-0.39, 0.29) is 0 Å². The molecule has 0 bridgehead atoms. The molecular weight excluding hydrogens is 280 g/mol. The lowest BCUT2D eigenvalue weighted by Crippen LogP contribution is -2.20. The predicted molar refractivity (Wildman–Crippen MR) is 76.0 cm³/mol. The molecule has 0 amide bonds. The van der Waals surface area contributed by atoms with Gasteiger partial charge in [-0.2, -0.15) is 4.68 Å². The summed E-state index contributed by atoms with van der Waals surface area (Å²) in [4.78, 5) is 2.12. The van der Waals surface area contributed by atoms with Gasteiger partial charge in [0.05, 0.1) is 5.69 Å². The van der Waals surface area contributed by atoms with Crippen molar-refractivity contribution in [3.05, 3.63) is 22.2 Å². The third kappa shape index (κ3) is 2.54. The van der Waals surface area contributed by atoms with Gasteiger partial charge in [0.25, 0.3) is 6.34 Å². The van der Waals surface area contributed by atoms with Gasteiger partial charge < -0.3 is 4.90 Å². The molecular formula is C12H18BrN4+. The molecule has 2 N–H and O–H groups in total. The Balaban J connectivity index is 2.34. The van der Waals surface area contributed by atoms with Gasteiger partial charge in [-0.15, -0.1) is 0 Å². The quantitative estimate of drug-likeness (QED) is 0.834. The Morgan fingerprint density at radius 2 is 2.18 bits per heavy atom. The molecule has 17 heavy (non-hydrogen) atoms. The summed E-state index contributed by atoms with van der Waals surface area (Å²) in [6, 6.07) is 4.20. The minimum Gasteiger partial charge on any atom is -0.377 e. The molecule has 1 aromatic carbocycles. The Kier molecular flexibility index (Phi) is 3.57. The van der Waals surface area contributed by atoms with Crippen LogP contribution in [-0.4, -0.2) is 38.2 Å². The predicted octanol–water partition coefficient (Wildman–Crippen LogP) is 1.79. The summed E-state index contributed by atoms with van der Waals surface area (Å²) in [6.07, 6.45) is 1.97. The van der Waals surface area contributed by atoms with Crippen LogP contribution in [0.15, 0.2) is 16.6 Å². The van der Waals surface area contributed by atoms with Crippen molar-refractivity contribution in [2.24, 2.45) is 0 Å². The molecule has 0 aromatic heterocycles. The molecule has 1 heterocycles. The highest BCUT2D eigenvalue weighted by Gasteiger charge is 2.14. The largest absolute Gasteiger partial charge is 0.377 e. The summed E-state index contributed by atoms with van der Waals surface area (Å²) in [5.41, 5.74) is 7.00. The van der Waals surface area contributed by atoms with Gasteiger partial charge >= 0.3 is 0 Å². The van der Waals surface area contributed by atoms with Gasteiger partial charge in [0.2, 0.25) is 0 Å². The van der Waals surface area contributed by atoms with Gasteiger partial charge in [-0.05, 0) is 35.0 Å². The summed E-state index contributed by atoms with van der Waals surface area (Å²) < 4.78 is 3.15. The van der Waals surface area contributed by atoms with Crippen LogP contribution in [0.25, 0.3) is 0 Å². The van der Waals surface area contributed by atoms with E-state index in [9.17, 15) is 0 Å². The third-order valence-electron chi connectivity index (χ3n) is 2.87. The highest BCUT2D eigenvalue weighted by molar-refractivity contribution is 9.10. The Labute approximate surface area is 110 Å². The first-order chi connectivity index (χ1) is 8.09. The van der Waals surface area contributed by atoms with Crippen molar-refractivity contribution in [2.75, 3.05) is 37.5 Å². The number of anilines is 2. The van der Waals surface area contributed by atoms with Gasteiger partial charge in [-0.3, -0.25) is 5.32 Å². The smallest absolute Gasteiger partial charge is 0.255 e. The highest BCUT2D eigenvalue weighted by Crippen LogP contribution is 2.32. The molecule has 0 spiro atoms. The van der Waals surface area contributed by atoms with Crippen molar-refractivity contribution in [1.29, 1.82) is 0 Å². The van der Waals surface area contributed by atoms with Gasteiger partial charge in [0.15, 0.2) is 0 Å². The summed E-state index contributed by atoms with van der Waals surface area (Å²) in [5.74, 6) is 0. The molecule has 1 aromatic rings. The number of rotatable bonds is 3. The van der Waals surface area contributed by atoms with Crippen LogP contribution < -0.4 is 15.6 Å². The number of hydrazine groups is 1.